The molecule has 0 fully saturated rings. The molecule has 0 saturated heterocycles. The van der Waals surface area contributed by atoms with Crippen LogP contribution in [-0.2, 0) is 0 Å². The van der Waals surface area contributed by atoms with Crippen molar-refractivity contribution in [2.24, 2.45) is 0 Å². The number of nitrogens with zero attached hydrogens (tertiary/aromatic N) is 5. The molecule has 2 N–H and O–H groups in total. The maximum absolute atomic E-state index is 4.35. The number of rotatable bonds is 7. The molecule has 0 aromatic carbocycles. The highest BCUT2D eigenvalue weighted by Gasteiger charge is 2.07. The maximum Gasteiger partial charge on any atom is 0.257 e. The third kappa shape index (κ3) is 3.82. The van der Waals surface area contributed by atoms with Crippen molar-refractivity contribution in [3.8, 4) is 5.95 Å². The Morgan fingerprint density at radius 1 is 1.21 bits per heavy atom. The van der Waals surface area contributed by atoms with Crippen LogP contribution in [0.3, 0.4) is 0 Å². The highest BCUT2D eigenvalue weighted by atomic mass is 32.2. The zero-order valence-electron chi connectivity index (χ0n) is 11.0. The molecule has 102 valence electrons. The minimum absolute atomic E-state index is 0.502. The van der Waals surface area contributed by atoms with Crippen LogP contribution in [0.1, 0.15) is 6.92 Å². The molecule has 2 aromatic heterocycles. The van der Waals surface area contributed by atoms with Crippen LogP contribution in [0.4, 0.5) is 11.9 Å². The Morgan fingerprint density at radius 3 is 2.63 bits per heavy atom. The minimum atomic E-state index is 0.502. The molecule has 2 aromatic rings. The average Bonchev–Trinajstić information content (AvgIpc) is 2.93. The van der Waals surface area contributed by atoms with Crippen LogP contribution in [0.15, 0.2) is 18.5 Å². The second-order valence-electron chi connectivity index (χ2n) is 3.68. The van der Waals surface area contributed by atoms with E-state index in [1.807, 2.05) is 13.0 Å². The number of hydrogen-bond donors (Lipinski definition) is 2. The first-order valence-electron chi connectivity index (χ1n) is 6.06. The van der Waals surface area contributed by atoms with Gasteiger partial charge in [-0.1, -0.05) is 0 Å². The van der Waals surface area contributed by atoms with Crippen LogP contribution < -0.4 is 10.6 Å². The lowest BCUT2D eigenvalue weighted by Crippen LogP contribution is -2.14. The quantitative estimate of drug-likeness (QED) is 0.738. The lowest BCUT2D eigenvalue weighted by atomic mass is 10.7. The number of nitrogens with one attached hydrogen (secondary N) is 2. The van der Waals surface area contributed by atoms with Crippen molar-refractivity contribution in [3.63, 3.8) is 0 Å². The lowest BCUT2D eigenvalue weighted by molar-refractivity contribution is 0.796. The Bertz CT molecular complexity index is 500. The van der Waals surface area contributed by atoms with Gasteiger partial charge in [0.05, 0.1) is 0 Å². The summed E-state index contributed by atoms with van der Waals surface area (Å²) in [6.45, 7) is 3.57. The topological polar surface area (TPSA) is 80.5 Å². The first kappa shape index (κ1) is 13.6. The van der Waals surface area contributed by atoms with Gasteiger partial charge in [0.25, 0.3) is 5.95 Å². The van der Waals surface area contributed by atoms with E-state index in [-0.39, 0.29) is 0 Å². The van der Waals surface area contributed by atoms with Crippen molar-refractivity contribution in [3.05, 3.63) is 18.5 Å². The summed E-state index contributed by atoms with van der Waals surface area (Å²) in [5, 5.41) is 10.4. The summed E-state index contributed by atoms with van der Waals surface area (Å²) in [5.74, 6) is 2.61. The van der Waals surface area contributed by atoms with Gasteiger partial charge >= 0.3 is 0 Å². The van der Waals surface area contributed by atoms with Crippen LogP contribution in [0.25, 0.3) is 5.95 Å². The fourth-order valence-electron chi connectivity index (χ4n) is 1.44. The number of anilines is 2. The summed E-state index contributed by atoms with van der Waals surface area (Å²) in [4.78, 5) is 13.0. The molecule has 0 aliphatic heterocycles. The van der Waals surface area contributed by atoms with Crippen molar-refractivity contribution in [2.75, 3.05) is 35.7 Å². The summed E-state index contributed by atoms with van der Waals surface area (Å²) in [6, 6.07) is 1.83. The van der Waals surface area contributed by atoms with E-state index in [1.165, 1.54) is 0 Å². The molecule has 8 heteroatoms. The zero-order chi connectivity index (χ0) is 13.5. The van der Waals surface area contributed by atoms with E-state index in [0.717, 1.165) is 18.8 Å². The van der Waals surface area contributed by atoms with Crippen LogP contribution in [-0.4, -0.2) is 49.8 Å². The molecular weight excluding hydrogens is 262 g/mol. The molecule has 7 nitrogen and oxygen atoms in total. The number of hydrogen-bond acceptors (Lipinski definition) is 7. The van der Waals surface area contributed by atoms with Crippen molar-refractivity contribution >= 4 is 23.7 Å². The summed E-state index contributed by atoms with van der Waals surface area (Å²) >= 11 is 1.77. The number of thioether (sulfide) groups is 1. The van der Waals surface area contributed by atoms with Gasteiger partial charge in [0.15, 0.2) is 0 Å². The van der Waals surface area contributed by atoms with Crippen molar-refractivity contribution in [2.45, 2.75) is 6.92 Å². The molecular formula is C11H17N7S. The molecule has 0 amide bonds. The molecule has 0 bridgehead atoms. The van der Waals surface area contributed by atoms with Crippen molar-refractivity contribution in [1.82, 2.24) is 24.7 Å². The van der Waals surface area contributed by atoms with E-state index in [2.05, 4.69) is 36.9 Å². The molecule has 0 radical (unpaired) electrons. The van der Waals surface area contributed by atoms with E-state index in [9.17, 15) is 0 Å². The lowest BCUT2D eigenvalue weighted by Gasteiger charge is -2.08. The first-order chi connectivity index (χ1) is 9.33. The van der Waals surface area contributed by atoms with Gasteiger partial charge in [0, 0.05) is 31.2 Å². The van der Waals surface area contributed by atoms with Crippen LogP contribution >= 0.6 is 11.8 Å². The summed E-state index contributed by atoms with van der Waals surface area (Å²) in [5.41, 5.74) is 0. The number of aromatic nitrogens is 5. The normalized spacial score (nSPS) is 10.4. The highest BCUT2D eigenvalue weighted by Crippen LogP contribution is 2.08. The SMILES string of the molecule is CCNc1nc(NCCSC)nc(-n2cccn2)n1. The fourth-order valence-corrected chi connectivity index (χ4v) is 1.74. The predicted molar refractivity (Wildman–Crippen MR) is 78.0 cm³/mol. The Hall–Kier alpha value is -1.83. The van der Waals surface area contributed by atoms with Gasteiger partial charge in [-0.2, -0.15) is 31.8 Å². The van der Waals surface area contributed by atoms with Gasteiger partial charge in [-0.25, -0.2) is 4.68 Å². The second kappa shape index (κ2) is 6.93. The van der Waals surface area contributed by atoms with E-state index in [0.29, 0.717) is 17.8 Å². The van der Waals surface area contributed by atoms with Gasteiger partial charge < -0.3 is 10.6 Å². The molecule has 0 atom stereocenters. The monoisotopic (exact) mass is 279 g/mol. The molecule has 2 rings (SSSR count). The van der Waals surface area contributed by atoms with Gasteiger partial charge in [-0.15, -0.1) is 0 Å². The largest absolute Gasteiger partial charge is 0.354 e. The molecule has 0 aliphatic rings. The van der Waals surface area contributed by atoms with Crippen LogP contribution in [0.5, 0.6) is 0 Å². The van der Waals surface area contributed by atoms with E-state index < -0.39 is 0 Å². The predicted octanol–water partition coefficient (Wildman–Crippen LogP) is 1.26. The summed E-state index contributed by atoms with van der Waals surface area (Å²) in [7, 11) is 0. The fraction of sp³-hybridized carbons (Fsp3) is 0.455. The third-order valence-electron chi connectivity index (χ3n) is 2.26. The van der Waals surface area contributed by atoms with Crippen LogP contribution in [0, 0.1) is 0 Å². The third-order valence-corrected chi connectivity index (χ3v) is 2.87. The summed E-state index contributed by atoms with van der Waals surface area (Å²) < 4.78 is 1.61. The van der Waals surface area contributed by atoms with Gasteiger partial charge in [-0.3, -0.25) is 0 Å². The molecule has 0 aliphatic carbocycles. The van der Waals surface area contributed by atoms with Crippen molar-refractivity contribution < 1.29 is 0 Å². The van der Waals surface area contributed by atoms with Crippen LogP contribution in [0.2, 0.25) is 0 Å². The Morgan fingerprint density at radius 2 is 2.00 bits per heavy atom. The van der Waals surface area contributed by atoms with Crippen molar-refractivity contribution in [1.29, 1.82) is 0 Å². The first-order valence-corrected chi connectivity index (χ1v) is 7.45. The smallest absolute Gasteiger partial charge is 0.257 e. The van der Waals surface area contributed by atoms with E-state index in [1.54, 1.807) is 28.8 Å². The van der Waals surface area contributed by atoms with Gasteiger partial charge in [0.2, 0.25) is 11.9 Å². The summed E-state index contributed by atoms with van der Waals surface area (Å²) in [6.07, 6.45) is 5.56. The average molecular weight is 279 g/mol. The molecule has 0 saturated carbocycles. The maximum atomic E-state index is 4.35. The zero-order valence-corrected chi connectivity index (χ0v) is 11.8. The second-order valence-corrected chi connectivity index (χ2v) is 4.67. The Kier molecular flexibility index (Phi) is 4.96. The Balaban J connectivity index is 2.22. The molecule has 0 spiro atoms. The molecule has 19 heavy (non-hydrogen) atoms. The standard InChI is InChI=1S/C11H17N7S/c1-3-12-9-15-10(13-6-8-19-2)17-11(16-9)18-7-4-5-14-18/h4-5,7H,3,6,8H2,1-2H3,(H2,12,13,15,16,17). The minimum Gasteiger partial charge on any atom is -0.354 e. The van der Waals surface area contributed by atoms with Gasteiger partial charge in [-0.05, 0) is 19.2 Å². The van der Waals surface area contributed by atoms with E-state index in [4.69, 9.17) is 0 Å². The van der Waals surface area contributed by atoms with Gasteiger partial charge in [0.1, 0.15) is 0 Å². The van der Waals surface area contributed by atoms with E-state index >= 15 is 0 Å². The molecule has 0 unspecified atom stereocenters. The molecule has 2 heterocycles. The highest BCUT2D eigenvalue weighted by molar-refractivity contribution is 7.98. The Labute approximate surface area is 116 Å².